The van der Waals surface area contributed by atoms with Crippen LogP contribution in [0.25, 0.3) is 0 Å². The van der Waals surface area contributed by atoms with Crippen LogP contribution in [0.5, 0.6) is 0 Å². The first-order valence-corrected chi connectivity index (χ1v) is 3.10. The minimum absolute atomic E-state index is 0.978. The Morgan fingerprint density at radius 1 is 1.33 bits per heavy atom. The molecule has 0 atom stereocenters. The van der Waals surface area contributed by atoms with Crippen molar-refractivity contribution in [3.8, 4) is 0 Å². The van der Waals surface area contributed by atoms with Crippen LogP contribution < -0.4 is 0 Å². The number of carbonyl (C=O) groups excluding carboxylic acids is 1. The van der Waals surface area contributed by atoms with Gasteiger partial charge in [-0.3, -0.25) is 4.79 Å². The molecule has 0 aliphatic carbocycles. The van der Waals surface area contributed by atoms with Gasteiger partial charge in [-0.15, -0.1) is 0 Å². The predicted octanol–water partition coefficient (Wildman–Crippen LogP) is 1.44. The summed E-state index contributed by atoms with van der Waals surface area (Å²) in [6, 6.07) is 0. The number of halogens is 3. The zero-order valence-electron chi connectivity index (χ0n) is 6.70. The number of hydrogen-bond acceptors (Lipinski definition) is 2. The molecule has 0 amide bonds. The summed E-state index contributed by atoms with van der Waals surface area (Å²) in [4.78, 5) is 10.7. The third-order valence-electron chi connectivity index (χ3n) is 1.17. The van der Waals surface area contributed by atoms with E-state index in [2.05, 4.69) is 6.58 Å². The van der Waals surface area contributed by atoms with E-state index < -0.39 is 23.1 Å². The number of hydrogen-bond donors (Lipinski definition) is 1. The van der Waals surface area contributed by atoms with E-state index in [0.29, 0.717) is 0 Å². The third-order valence-corrected chi connectivity index (χ3v) is 1.17. The fourth-order valence-electron chi connectivity index (χ4n) is 0.498. The average molecular weight is 182 g/mol. The largest absolute Gasteiger partial charge is 0.419 e. The molecule has 0 rings (SSSR count). The zero-order valence-corrected chi connectivity index (χ0v) is 6.70. The molecule has 0 heterocycles. The van der Waals surface area contributed by atoms with E-state index in [-0.39, 0.29) is 0 Å². The van der Waals surface area contributed by atoms with Gasteiger partial charge in [0.1, 0.15) is 5.60 Å². The first-order valence-electron chi connectivity index (χ1n) is 3.10. The molecule has 0 spiro atoms. The van der Waals surface area contributed by atoms with Crippen LogP contribution in [0.2, 0.25) is 0 Å². The van der Waals surface area contributed by atoms with Crippen molar-refractivity contribution < 1.29 is 23.1 Å². The highest BCUT2D eigenvalue weighted by Gasteiger charge is 2.41. The Hall–Kier alpha value is -0.840. The number of ketones is 1. The van der Waals surface area contributed by atoms with Crippen molar-refractivity contribution in [2.24, 2.45) is 0 Å². The molecular formula is C7H9F3O2. The van der Waals surface area contributed by atoms with Crippen molar-refractivity contribution in [1.29, 1.82) is 0 Å². The molecule has 0 bridgehead atoms. The van der Waals surface area contributed by atoms with Crippen molar-refractivity contribution in [2.45, 2.75) is 25.6 Å². The number of aliphatic hydroxyl groups is 1. The van der Waals surface area contributed by atoms with Crippen LogP contribution >= 0.6 is 0 Å². The Bertz CT molecular complexity index is 186. The lowest BCUT2D eigenvalue weighted by Crippen LogP contribution is -2.36. The Labute approximate surface area is 67.7 Å². The van der Waals surface area contributed by atoms with Gasteiger partial charge in [0.15, 0.2) is 5.78 Å². The molecule has 0 aliphatic heterocycles. The Morgan fingerprint density at radius 2 is 1.67 bits per heavy atom. The van der Waals surface area contributed by atoms with Gasteiger partial charge in [-0.1, -0.05) is 6.58 Å². The van der Waals surface area contributed by atoms with Gasteiger partial charge in [0, 0.05) is 0 Å². The van der Waals surface area contributed by atoms with E-state index in [9.17, 15) is 18.0 Å². The molecule has 0 saturated carbocycles. The van der Waals surface area contributed by atoms with Gasteiger partial charge in [0.25, 0.3) is 0 Å². The molecule has 0 radical (unpaired) electrons. The average Bonchev–Trinajstić information content (AvgIpc) is 1.80. The zero-order chi connectivity index (χ0) is 10.2. The maximum absolute atomic E-state index is 11.8. The summed E-state index contributed by atoms with van der Waals surface area (Å²) in [5.41, 5.74) is -3.55. The van der Waals surface area contributed by atoms with Gasteiger partial charge in [-0.25, -0.2) is 0 Å². The molecule has 2 nitrogen and oxygen atoms in total. The van der Waals surface area contributed by atoms with Crippen molar-refractivity contribution >= 4 is 5.78 Å². The third kappa shape index (κ3) is 2.65. The van der Waals surface area contributed by atoms with Crippen LogP contribution in [0.4, 0.5) is 13.2 Å². The Morgan fingerprint density at radius 3 is 1.75 bits per heavy atom. The minimum atomic E-state index is -4.77. The molecule has 12 heavy (non-hydrogen) atoms. The van der Waals surface area contributed by atoms with Gasteiger partial charge in [0.05, 0.1) is 5.57 Å². The van der Waals surface area contributed by atoms with Gasteiger partial charge in [0.2, 0.25) is 0 Å². The van der Waals surface area contributed by atoms with Gasteiger partial charge in [-0.05, 0) is 13.8 Å². The van der Waals surface area contributed by atoms with Crippen molar-refractivity contribution in [1.82, 2.24) is 0 Å². The fraction of sp³-hybridized carbons (Fsp3) is 0.571. The predicted molar refractivity (Wildman–Crippen MR) is 36.5 cm³/mol. The highest BCUT2D eigenvalue weighted by molar-refractivity contribution is 6.01. The normalized spacial score (nSPS) is 12.8. The van der Waals surface area contributed by atoms with Gasteiger partial charge < -0.3 is 5.11 Å². The van der Waals surface area contributed by atoms with Crippen LogP contribution in [-0.4, -0.2) is 22.7 Å². The molecule has 0 saturated heterocycles. The highest BCUT2D eigenvalue weighted by atomic mass is 19.4. The summed E-state index contributed by atoms with van der Waals surface area (Å²) in [6.07, 6.45) is -4.77. The molecular weight excluding hydrogens is 173 g/mol. The van der Waals surface area contributed by atoms with E-state index in [4.69, 9.17) is 5.11 Å². The summed E-state index contributed by atoms with van der Waals surface area (Å²) in [5.74, 6) is -1.41. The molecule has 0 unspecified atom stereocenters. The van der Waals surface area contributed by atoms with E-state index >= 15 is 0 Å². The van der Waals surface area contributed by atoms with Crippen LogP contribution in [0, 0.1) is 0 Å². The van der Waals surface area contributed by atoms with Crippen LogP contribution in [0.15, 0.2) is 12.2 Å². The molecule has 0 aliphatic rings. The molecule has 0 aromatic rings. The van der Waals surface area contributed by atoms with Crippen molar-refractivity contribution in [2.75, 3.05) is 0 Å². The number of carbonyl (C=O) groups is 1. The topological polar surface area (TPSA) is 37.3 Å². The van der Waals surface area contributed by atoms with Crippen LogP contribution in [-0.2, 0) is 4.79 Å². The van der Waals surface area contributed by atoms with Crippen molar-refractivity contribution in [3.63, 3.8) is 0 Å². The van der Waals surface area contributed by atoms with E-state index in [1.807, 2.05) is 0 Å². The molecule has 0 fully saturated rings. The lowest BCUT2D eigenvalue weighted by Gasteiger charge is -2.18. The monoisotopic (exact) mass is 182 g/mol. The lowest BCUT2D eigenvalue weighted by atomic mass is 9.98. The second-order valence-electron chi connectivity index (χ2n) is 2.86. The lowest BCUT2D eigenvalue weighted by molar-refractivity contribution is -0.141. The van der Waals surface area contributed by atoms with Crippen LogP contribution in [0.1, 0.15) is 13.8 Å². The van der Waals surface area contributed by atoms with E-state index in [1.54, 1.807) is 0 Å². The smallest absolute Gasteiger partial charge is 0.382 e. The molecule has 1 N–H and O–H groups in total. The van der Waals surface area contributed by atoms with E-state index in [1.165, 1.54) is 0 Å². The Kier molecular flexibility index (Phi) is 2.69. The van der Waals surface area contributed by atoms with E-state index in [0.717, 1.165) is 13.8 Å². The first kappa shape index (κ1) is 11.2. The molecule has 70 valence electrons. The van der Waals surface area contributed by atoms with Gasteiger partial charge in [-0.2, -0.15) is 13.2 Å². The van der Waals surface area contributed by atoms with Gasteiger partial charge >= 0.3 is 6.18 Å². The maximum atomic E-state index is 11.8. The second kappa shape index (κ2) is 2.90. The molecule has 5 heteroatoms. The summed E-state index contributed by atoms with van der Waals surface area (Å²) in [5, 5.41) is 8.91. The summed E-state index contributed by atoms with van der Waals surface area (Å²) >= 11 is 0. The number of alkyl halides is 3. The number of rotatable bonds is 2. The maximum Gasteiger partial charge on any atom is 0.419 e. The molecule has 0 aromatic heterocycles. The first-order chi connectivity index (χ1) is 5.07. The summed E-state index contributed by atoms with van der Waals surface area (Å²) in [7, 11) is 0. The summed E-state index contributed by atoms with van der Waals surface area (Å²) in [6.45, 7) is 4.51. The fourth-order valence-corrected chi connectivity index (χ4v) is 0.498. The SMILES string of the molecule is C=C(C(=O)C(C)(C)O)C(F)(F)F. The summed E-state index contributed by atoms with van der Waals surface area (Å²) < 4.78 is 35.4. The van der Waals surface area contributed by atoms with Crippen LogP contribution in [0.3, 0.4) is 0 Å². The molecule has 0 aromatic carbocycles. The second-order valence-corrected chi connectivity index (χ2v) is 2.86. The standard InChI is InChI=1S/C7H9F3O2/c1-4(7(8,9)10)5(11)6(2,3)12/h12H,1H2,2-3H3. The quantitative estimate of drug-likeness (QED) is 0.656. The minimum Gasteiger partial charge on any atom is -0.382 e. The number of Topliss-reactive ketones (excluding diaryl/α,β-unsaturated/α-hetero) is 1. The highest BCUT2D eigenvalue weighted by Crippen LogP contribution is 2.27. The van der Waals surface area contributed by atoms with Crippen molar-refractivity contribution in [3.05, 3.63) is 12.2 Å². The Balaban J connectivity index is 4.66.